The van der Waals surface area contributed by atoms with Crippen molar-refractivity contribution in [3.05, 3.63) is 71.5 Å². The number of fused-ring (bicyclic) bond motifs is 6. The van der Waals surface area contributed by atoms with Crippen molar-refractivity contribution in [2.45, 2.75) is 84.5 Å². The van der Waals surface area contributed by atoms with Crippen molar-refractivity contribution in [3.8, 4) is 28.1 Å². The number of phenolic OH excluding ortho intramolecular Hbond substituents is 1. The normalized spacial score (nSPS) is 21.4. The lowest BCUT2D eigenvalue weighted by molar-refractivity contribution is -0.155. The number of carbonyl (C=O) groups excluding carboxylic acids is 4. The van der Waals surface area contributed by atoms with E-state index in [1.54, 1.807) is 32.5 Å². The first-order valence-electron chi connectivity index (χ1n) is 20.9. The lowest BCUT2D eigenvalue weighted by Crippen LogP contribution is -2.62. The van der Waals surface area contributed by atoms with Crippen LogP contribution in [0.25, 0.3) is 33.3 Å². The van der Waals surface area contributed by atoms with Crippen LogP contribution in [0.3, 0.4) is 0 Å². The molecule has 0 aliphatic carbocycles. The van der Waals surface area contributed by atoms with Crippen molar-refractivity contribution < 1.29 is 38.5 Å². The molecule has 3 N–H and O–H groups in total. The Hall–Kier alpha value is -5.31. The molecule has 14 heteroatoms. The third kappa shape index (κ3) is 8.91. The summed E-state index contributed by atoms with van der Waals surface area (Å²) >= 11 is 0. The minimum Gasteiger partial charge on any atom is -0.508 e. The molecule has 0 spiro atoms. The van der Waals surface area contributed by atoms with Crippen LogP contribution < -0.4 is 10.7 Å². The topological polar surface area (TPSA) is 165 Å². The summed E-state index contributed by atoms with van der Waals surface area (Å²) in [6.45, 7) is 9.48. The Balaban J connectivity index is 1.32. The molecule has 0 unspecified atom stereocenters. The highest BCUT2D eigenvalue weighted by atomic mass is 16.5. The quantitative estimate of drug-likeness (QED) is 0.208. The first kappa shape index (κ1) is 42.8. The van der Waals surface area contributed by atoms with E-state index >= 15 is 0 Å². The van der Waals surface area contributed by atoms with Gasteiger partial charge in [-0.15, -0.1) is 0 Å². The van der Waals surface area contributed by atoms with E-state index in [2.05, 4.69) is 46.3 Å². The maximum Gasteiger partial charge on any atom is 0.324 e. The number of hydrogen-bond acceptors (Lipinski definition) is 10. The van der Waals surface area contributed by atoms with Crippen molar-refractivity contribution in [3.63, 3.8) is 0 Å². The zero-order chi connectivity index (χ0) is 42.9. The molecule has 0 radical (unpaired) electrons. The smallest absolute Gasteiger partial charge is 0.324 e. The van der Waals surface area contributed by atoms with Gasteiger partial charge >= 0.3 is 5.97 Å². The maximum atomic E-state index is 14.6. The van der Waals surface area contributed by atoms with Gasteiger partial charge in [-0.1, -0.05) is 39.8 Å². The lowest BCUT2D eigenvalue weighted by Gasteiger charge is -2.37. The van der Waals surface area contributed by atoms with Gasteiger partial charge < -0.3 is 34.1 Å². The van der Waals surface area contributed by atoms with Crippen LogP contribution in [0, 0.1) is 17.3 Å². The summed E-state index contributed by atoms with van der Waals surface area (Å²) in [5.74, 6) is -2.18. The Labute approximate surface area is 351 Å². The number of methoxy groups -OCH3 is 1. The van der Waals surface area contributed by atoms with E-state index in [4.69, 9.17) is 14.2 Å². The second-order valence-corrected chi connectivity index (χ2v) is 17.7. The summed E-state index contributed by atoms with van der Waals surface area (Å²) in [6, 6.07) is 10.6. The van der Waals surface area contributed by atoms with E-state index in [0.717, 1.165) is 44.4 Å². The van der Waals surface area contributed by atoms with Gasteiger partial charge in [0.1, 0.15) is 23.9 Å². The van der Waals surface area contributed by atoms with Crippen molar-refractivity contribution in [1.82, 2.24) is 30.2 Å². The van der Waals surface area contributed by atoms with Crippen LogP contribution in [0.4, 0.5) is 0 Å². The number of nitrogens with zero attached hydrogens (tertiary/aromatic N) is 4. The van der Waals surface area contributed by atoms with Gasteiger partial charge in [0.15, 0.2) is 0 Å². The standard InChI is InChI=1S/C46H58N6O8/c1-27(2)40(51(6)43(55)31-13-16-59-25-31)42(54)48-38-19-28-17-32(20-33(53)18-28)29-10-11-39-34(21-29)35(41(50(39)5)36-23-47-14-12-30(36)24-58-7)22-46(3,4)26-60-45(57)37-9-8-15-52(49-37)44(38)56/h10-12,14,17-18,20-21,23,27,31,37-38,40,49,53H,8-9,13,15-16,19,22,24-26H2,1-7H3,(H,48,54)/t31-,37+,38+,40+/m1/s1. The summed E-state index contributed by atoms with van der Waals surface area (Å²) in [4.78, 5) is 62.1. The fourth-order valence-corrected chi connectivity index (χ4v) is 9.07. The molecule has 14 nitrogen and oxygen atoms in total. The number of hydrazine groups is 1. The number of ether oxygens (including phenoxy) is 3. The average Bonchev–Trinajstić information content (AvgIpc) is 3.85. The number of amides is 3. The number of carbonyl (C=O) groups is 4. The van der Waals surface area contributed by atoms with Crippen LogP contribution in [0.15, 0.2) is 54.9 Å². The fraction of sp³-hybridized carbons (Fsp3) is 0.500. The second kappa shape index (κ2) is 17.7. The van der Waals surface area contributed by atoms with Gasteiger partial charge in [0, 0.05) is 75.1 Å². The number of aromatic hydroxyl groups is 1. The predicted octanol–water partition coefficient (Wildman–Crippen LogP) is 4.93. The number of aromatic nitrogens is 2. The number of phenols is 1. The predicted molar refractivity (Wildman–Crippen MR) is 226 cm³/mol. The molecule has 3 amide bonds. The molecule has 2 aromatic heterocycles. The number of pyridine rings is 1. The van der Waals surface area contributed by atoms with Crippen molar-refractivity contribution in [2.75, 3.05) is 40.5 Å². The number of hydrogen-bond donors (Lipinski definition) is 3. The third-order valence-corrected chi connectivity index (χ3v) is 12.1. The van der Waals surface area contributed by atoms with Crippen molar-refractivity contribution in [1.29, 1.82) is 0 Å². The minimum atomic E-state index is -1.11. The second-order valence-electron chi connectivity index (χ2n) is 17.7. The molecule has 4 atom stereocenters. The highest BCUT2D eigenvalue weighted by molar-refractivity contribution is 5.96. The number of likely N-dealkylation sites (N-methyl/N-ethyl adjacent to an activating group) is 1. The number of rotatable bonds is 8. The molecular formula is C46H58N6O8. The minimum absolute atomic E-state index is 0.00674. The zero-order valence-corrected chi connectivity index (χ0v) is 35.7. The van der Waals surface area contributed by atoms with E-state index in [9.17, 15) is 24.3 Å². The Morgan fingerprint density at radius 3 is 2.65 bits per heavy atom. The number of cyclic esters (lactones) is 1. The average molecular weight is 823 g/mol. The Morgan fingerprint density at radius 2 is 1.92 bits per heavy atom. The van der Waals surface area contributed by atoms with Crippen LogP contribution in [0.5, 0.6) is 5.75 Å². The van der Waals surface area contributed by atoms with Gasteiger partial charge in [0.05, 0.1) is 31.4 Å². The van der Waals surface area contributed by atoms with E-state index < -0.39 is 41.3 Å². The molecular weight excluding hydrogens is 765 g/mol. The first-order valence-corrected chi connectivity index (χ1v) is 20.9. The van der Waals surface area contributed by atoms with Crippen molar-refractivity contribution >= 4 is 34.6 Å². The summed E-state index contributed by atoms with van der Waals surface area (Å²) < 4.78 is 19.3. The van der Waals surface area contributed by atoms with Gasteiger partial charge in [0.2, 0.25) is 11.8 Å². The molecule has 3 aliphatic heterocycles. The third-order valence-electron chi connectivity index (χ3n) is 12.1. The summed E-state index contributed by atoms with van der Waals surface area (Å²) in [7, 11) is 5.32. The fourth-order valence-electron chi connectivity index (χ4n) is 9.07. The summed E-state index contributed by atoms with van der Waals surface area (Å²) in [5, 5.41) is 16.6. The lowest BCUT2D eigenvalue weighted by atomic mass is 9.84. The molecule has 320 valence electrons. The molecule has 6 bridgehead atoms. The highest BCUT2D eigenvalue weighted by Gasteiger charge is 2.39. The first-order chi connectivity index (χ1) is 28.6. The Kier molecular flexibility index (Phi) is 12.6. The number of aryl methyl sites for hydroxylation is 1. The van der Waals surface area contributed by atoms with E-state index in [0.29, 0.717) is 57.6 Å². The molecule has 2 fully saturated rings. The van der Waals surface area contributed by atoms with Crippen molar-refractivity contribution in [2.24, 2.45) is 24.3 Å². The van der Waals surface area contributed by atoms with E-state index in [1.165, 1.54) is 9.91 Å². The van der Waals surface area contributed by atoms with Gasteiger partial charge in [-0.2, -0.15) is 0 Å². The van der Waals surface area contributed by atoms with Crippen LogP contribution in [-0.4, -0.2) is 107 Å². The molecule has 7 rings (SSSR count). The molecule has 0 saturated carbocycles. The zero-order valence-electron chi connectivity index (χ0n) is 35.7. The van der Waals surface area contributed by atoms with Crippen LogP contribution in [0.2, 0.25) is 0 Å². The molecule has 3 aliphatic rings. The molecule has 5 heterocycles. The molecule has 4 aromatic rings. The van der Waals surface area contributed by atoms with E-state index in [1.807, 2.05) is 45.3 Å². The van der Waals surface area contributed by atoms with Gasteiger partial charge in [-0.25, -0.2) is 5.43 Å². The van der Waals surface area contributed by atoms with Crippen LogP contribution in [0.1, 0.15) is 63.6 Å². The summed E-state index contributed by atoms with van der Waals surface area (Å²) in [5.41, 5.74) is 9.74. The number of esters is 1. The number of benzene rings is 2. The van der Waals surface area contributed by atoms with Crippen LogP contribution >= 0.6 is 0 Å². The largest absolute Gasteiger partial charge is 0.508 e. The Morgan fingerprint density at radius 1 is 1.12 bits per heavy atom. The highest BCUT2D eigenvalue weighted by Crippen LogP contribution is 2.41. The van der Waals surface area contributed by atoms with Gasteiger partial charge in [0.25, 0.3) is 5.91 Å². The monoisotopic (exact) mass is 822 g/mol. The molecule has 60 heavy (non-hydrogen) atoms. The van der Waals surface area contributed by atoms with E-state index in [-0.39, 0.29) is 36.5 Å². The molecule has 2 aromatic carbocycles. The number of nitrogens with one attached hydrogen (secondary N) is 2. The summed E-state index contributed by atoms with van der Waals surface area (Å²) in [6.07, 6.45) is 5.78. The van der Waals surface area contributed by atoms with Crippen LogP contribution in [-0.2, 0) is 59.9 Å². The maximum absolute atomic E-state index is 14.6. The Bertz CT molecular complexity index is 2260. The SMILES string of the molecule is COCc1ccncc1-c1c2c3cc(ccc3n1C)-c1cc(O)cc(c1)C[C@H](NC(=O)[C@H](C(C)C)N(C)C(=O)[C@@H]1CCOC1)C(=O)N1CCC[C@H](N1)C(=O)OCC(C)(C)C2. The molecule has 2 saturated heterocycles. The van der Waals surface area contributed by atoms with Gasteiger partial charge in [-0.3, -0.25) is 29.2 Å². The van der Waals surface area contributed by atoms with Gasteiger partial charge in [-0.05, 0) is 89.8 Å².